The summed E-state index contributed by atoms with van der Waals surface area (Å²) in [6, 6.07) is 20.5. The van der Waals surface area contributed by atoms with Gasteiger partial charge in [0.2, 0.25) is 0 Å². The Balaban J connectivity index is 1.46. The van der Waals surface area contributed by atoms with E-state index in [1.807, 2.05) is 29.0 Å². The molecule has 0 radical (unpaired) electrons. The highest BCUT2D eigenvalue weighted by Gasteiger charge is 2.31. The van der Waals surface area contributed by atoms with Gasteiger partial charge in [-0.1, -0.05) is 48.5 Å². The summed E-state index contributed by atoms with van der Waals surface area (Å²) in [6.45, 7) is 0. The van der Waals surface area contributed by atoms with Gasteiger partial charge in [0, 0.05) is 5.56 Å². The van der Waals surface area contributed by atoms with Gasteiger partial charge in [-0.25, -0.2) is 0 Å². The molecular weight excluding hydrogens is 491 g/mol. The fraction of sp³-hybridized carbons (Fsp3) is 0.111. The Hall–Kier alpha value is -4.11. The number of carbonyl (C=O) groups excluding carboxylic acids is 1. The second-order valence-electron chi connectivity index (χ2n) is 7.91. The van der Waals surface area contributed by atoms with Crippen molar-refractivity contribution in [1.82, 2.24) is 5.32 Å². The standard InChI is InChI=1S/C27H20F3NO4S/c28-27(29,30)35-23-11-9-18(10-12-23)17-3-7-21(8-4-17)26(34)31-24(15-25(32)33)20-5-1-19(2-6-20)22-13-14-36-16-22/h1-14,16,24H,15H2,(H,31,34)(H,32,33). The van der Waals surface area contributed by atoms with E-state index in [0.717, 1.165) is 11.1 Å². The lowest BCUT2D eigenvalue weighted by molar-refractivity contribution is -0.274. The van der Waals surface area contributed by atoms with E-state index >= 15 is 0 Å². The Labute approximate surface area is 208 Å². The van der Waals surface area contributed by atoms with Crippen molar-refractivity contribution in [1.29, 1.82) is 0 Å². The van der Waals surface area contributed by atoms with Gasteiger partial charge in [0.1, 0.15) is 5.75 Å². The van der Waals surface area contributed by atoms with E-state index in [1.165, 1.54) is 24.3 Å². The van der Waals surface area contributed by atoms with Gasteiger partial charge in [0.25, 0.3) is 5.91 Å². The molecule has 0 fully saturated rings. The van der Waals surface area contributed by atoms with Crippen molar-refractivity contribution in [2.24, 2.45) is 0 Å². The number of carboxylic acids is 1. The number of amides is 1. The van der Waals surface area contributed by atoms with Crippen LogP contribution in [0.4, 0.5) is 13.2 Å². The summed E-state index contributed by atoms with van der Waals surface area (Å²) in [5, 5.41) is 16.1. The molecule has 0 spiro atoms. The molecule has 2 N–H and O–H groups in total. The first-order valence-corrected chi connectivity index (χ1v) is 11.7. The van der Waals surface area contributed by atoms with Crippen molar-refractivity contribution in [3.63, 3.8) is 0 Å². The summed E-state index contributed by atoms with van der Waals surface area (Å²) in [5.74, 6) is -1.81. The molecule has 0 aliphatic carbocycles. The number of thiophene rings is 1. The molecule has 4 rings (SSSR count). The molecule has 1 atom stereocenters. The molecule has 0 saturated heterocycles. The highest BCUT2D eigenvalue weighted by Crippen LogP contribution is 2.28. The van der Waals surface area contributed by atoms with Gasteiger partial charge < -0.3 is 15.2 Å². The van der Waals surface area contributed by atoms with Crippen LogP contribution in [-0.2, 0) is 4.79 Å². The fourth-order valence-corrected chi connectivity index (χ4v) is 4.33. The van der Waals surface area contributed by atoms with Gasteiger partial charge in [-0.15, -0.1) is 13.2 Å². The summed E-state index contributed by atoms with van der Waals surface area (Å²) >= 11 is 1.58. The molecule has 184 valence electrons. The van der Waals surface area contributed by atoms with Crippen molar-refractivity contribution in [2.45, 2.75) is 18.8 Å². The molecule has 9 heteroatoms. The van der Waals surface area contributed by atoms with Crippen LogP contribution in [0, 0.1) is 0 Å². The maximum absolute atomic E-state index is 12.9. The molecule has 0 aliphatic heterocycles. The fourth-order valence-electron chi connectivity index (χ4n) is 3.67. The van der Waals surface area contributed by atoms with Gasteiger partial charge in [-0.3, -0.25) is 9.59 Å². The van der Waals surface area contributed by atoms with Gasteiger partial charge in [0.05, 0.1) is 12.5 Å². The van der Waals surface area contributed by atoms with Crippen molar-refractivity contribution < 1.29 is 32.6 Å². The van der Waals surface area contributed by atoms with Crippen LogP contribution in [0.15, 0.2) is 89.6 Å². The summed E-state index contributed by atoms with van der Waals surface area (Å²) in [5.41, 5.74) is 4.38. The van der Waals surface area contributed by atoms with Crippen molar-refractivity contribution in [2.75, 3.05) is 0 Å². The lowest BCUT2D eigenvalue weighted by Crippen LogP contribution is -2.30. The minimum atomic E-state index is -4.76. The Morgan fingerprint density at radius 3 is 1.92 bits per heavy atom. The van der Waals surface area contributed by atoms with E-state index in [9.17, 15) is 27.9 Å². The number of halogens is 3. The van der Waals surface area contributed by atoms with Gasteiger partial charge in [-0.2, -0.15) is 11.3 Å². The lowest BCUT2D eigenvalue weighted by atomic mass is 9.99. The SMILES string of the molecule is O=C(O)CC(NC(=O)c1ccc(-c2ccc(OC(F)(F)F)cc2)cc1)c1ccc(-c2ccsc2)cc1. The summed E-state index contributed by atoms with van der Waals surface area (Å²) < 4.78 is 40.9. The second-order valence-corrected chi connectivity index (χ2v) is 8.69. The molecule has 0 aliphatic rings. The molecule has 5 nitrogen and oxygen atoms in total. The van der Waals surface area contributed by atoms with Gasteiger partial charge in [-0.05, 0) is 68.9 Å². The third-order valence-electron chi connectivity index (χ3n) is 5.42. The Bertz CT molecular complexity index is 1320. The topological polar surface area (TPSA) is 75.6 Å². The van der Waals surface area contributed by atoms with Crippen LogP contribution < -0.4 is 10.1 Å². The van der Waals surface area contributed by atoms with Gasteiger partial charge >= 0.3 is 12.3 Å². The van der Waals surface area contributed by atoms with Crippen molar-refractivity contribution in [3.8, 4) is 28.0 Å². The first kappa shape index (κ1) is 25.0. The van der Waals surface area contributed by atoms with E-state index < -0.39 is 24.3 Å². The average Bonchev–Trinajstić information content (AvgIpc) is 3.38. The van der Waals surface area contributed by atoms with E-state index in [0.29, 0.717) is 22.3 Å². The zero-order chi connectivity index (χ0) is 25.7. The minimum Gasteiger partial charge on any atom is -0.481 e. The molecule has 1 amide bonds. The third-order valence-corrected chi connectivity index (χ3v) is 6.10. The average molecular weight is 512 g/mol. The number of nitrogens with one attached hydrogen (secondary N) is 1. The number of benzene rings is 3. The zero-order valence-electron chi connectivity index (χ0n) is 18.7. The smallest absolute Gasteiger partial charge is 0.481 e. The molecular formula is C27H20F3NO4S. The number of hydrogen-bond acceptors (Lipinski definition) is 4. The largest absolute Gasteiger partial charge is 0.573 e. The number of aliphatic carboxylic acids is 1. The lowest BCUT2D eigenvalue weighted by Gasteiger charge is -2.18. The number of hydrogen-bond donors (Lipinski definition) is 2. The molecule has 3 aromatic carbocycles. The Morgan fingerprint density at radius 2 is 1.39 bits per heavy atom. The minimum absolute atomic E-state index is 0.284. The predicted octanol–water partition coefficient (Wildman–Crippen LogP) is 6.93. The zero-order valence-corrected chi connectivity index (χ0v) is 19.5. The normalized spacial score (nSPS) is 12.1. The summed E-state index contributed by atoms with van der Waals surface area (Å²) in [6.07, 6.45) is -5.05. The molecule has 0 saturated carbocycles. The highest BCUT2D eigenvalue weighted by molar-refractivity contribution is 7.08. The predicted molar refractivity (Wildman–Crippen MR) is 131 cm³/mol. The molecule has 1 unspecified atom stereocenters. The summed E-state index contributed by atoms with van der Waals surface area (Å²) in [7, 11) is 0. The van der Waals surface area contributed by atoms with Crippen molar-refractivity contribution >= 4 is 23.2 Å². The van der Waals surface area contributed by atoms with Crippen LogP contribution in [0.25, 0.3) is 22.3 Å². The number of ether oxygens (including phenoxy) is 1. The maximum Gasteiger partial charge on any atom is 0.573 e. The van der Waals surface area contributed by atoms with Crippen LogP contribution in [0.2, 0.25) is 0 Å². The van der Waals surface area contributed by atoms with Crippen LogP contribution in [0.3, 0.4) is 0 Å². The molecule has 1 aromatic heterocycles. The van der Waals surface area contributed by atoms with Crippen molar-refractivity contribution in [3.05, 3.63) is 101 Å². The third kappa shape index (κ3) is 6.51. The van der Waals surface area contributed by atoms with E-state index in [2.05, 4.69) is 10.1 Å². The Kier molecular flexibility index (Phi) is 7.40. The highest BCUT2D eigenvalue weighted by atomic mass is 32.1. The summed E-state index contributed by atoms with van der Waals surface area (Å²) in [4.78, 5) is 24.3. The first-order chi connectivity index (χ1) is 17.2. The van der Waals surface area contributed by atoms with Crippen LogP contribution >= 0.6 is 11.3 Å². The molecule has 4 aromatic rings. The van der Waals surface area contributed by atoms with Crippen LogP contribution in [0.1, 0.15) is 28.4 Å². The maximum atomic E-state index is 12.9. The van der Waals surface area contributed by atoms with Crippen LogP contribution in [0.5, 0.6) is 5.75 Å². The first-order valence-electron chi connectivity index (χ1n) is 10.8. The molecule has 1 heterocycles. The van der Waals surface area contributed by atoms with E-state index in [4.69, 9.17) is 0 Å². The van der Waals surface area contributed by atoms with E-state index in [-0.39, 0.29) is 12.2 Å². The quantitative estimate of drug-likeness (QED) is 0.269. The molecule has 0 bridgehead atoms. The van der Waals surface area contributed by atoms with E-state index in [1.54, 1.807) is 47.7 Å². The number of carbonyl (C=O) groups is 2. The second kappa shape index (κ2) is 10.7. The monoisotopic (exact) mass is 511 g/mol. The van der Waals surface area contributed by atoms with Crippen LogP contribution in [-0.4, -0.2) is 23.3 Å². The number of rotatable bonds is 8. The molecule has 36 heavy (non-hydrogen) atoms. The Morgan fingerprint density at radius 1 is 0.833 bits per heavy atom. The number of carboxylic acid groups (broad SMARTS) is 1. The number of alkyl halides is 3. The van der Waals surface area contributed by atoms with Gasteiger partial charge in [0.15, 0.2) is 0 Å².